The fourth-order valence-corrected chi connectivity index (χ4v) is 4.48. The molecule has 0 rings (SSSR count). The number of sulfone groups is 1. The number of sulfonamides is 1. The van der Waals surface area contributed by atoms with Gasteiger partial charge in [-0.05, 0) is 13.8 Å². The van der Waals surface area contributed by atoms with E-state index >= 15 is 0 Å². The second-order valence-corrected chi connectivity index (χ2v) is 8.65. The molecule has 0 aromatic heterocycles. The van der Waals surface area contributed by atoms with Crippen molar-refractivity contribution in [2.75, 3.05) is 24.9 Å². The van der Waals surface area contributed by atoms with Gasteiger partial charge in [-0.15, -0.1) is 0 Å². The molecule has 0 radical (unpaired) electrons. The lowest BCUT2D eigenvalue weighted by atomic mass is 10.1. The first-order valence-corrected chi connectivity index (χ1v) is 7.94. The van der Waals surface area contributed by atoms with Crippen LogP contribution in [0.1, 0.15) is 13.8 Å². The summed E-state index contributed by atoms with van der Waals surface area (Å²) in [5.41, 5.74) is 4.62. The van der Waals surface area contributed by atoms with E-state index in [2.05, 4.69) is 0 Å². The molecule has 92 valence electrons. The average molecular weight is 258 g/mol. The topological polar surface area (TPSA) is 97.5 Å². The lowest BCUT2D eigenvalue weighted by molar-refractivity contribution is 0.275. The summed E-state index contributed by atoms with van der Waals surface area (Å²) in [5.74, 6) is 0. The second-order valence-electron chi connectivity index (χ2n) is 4.14. The van der Waals surface area contributed by atoms with Gasteiger partial charge in [-0.3, -0.25) is 0 Å². The van der Waals surface area contributed by atoms with Gasteiger partial charge in [0.05, 0.1) is 0 Å². The molecule has 0 saturated heterocycles. The van der Waals surface area contributed by atoms with E-state index in [-0.39, 0.29) is 6.54 Å². The van der Waals surface area contributed by atoms with E-state index in [9.17, 15) is 16.8 Å². The third kappa shape index (κ3) is 4.45. The lowest BCUT2D eigenvalue weighted by Gasteiger charge is -2.33. The Kier molecular flexibility index (Phi) is 4.31. The van der Waals surface area contributed by atoms with E-state index in [4.69, 9.17) is 5.73 Å². The van der Waals surface area contributed by atoms with Gasteiger partial charge in [0.1, 0.15) is 0 Å². The Bertz CT molecular complexity index is 410. The highest BCUT2D eigenvalue weighted by molar-refractivity contribution is 8.06. The van der Waals surface area contributed by atoms with Crippen LogP contribution < -0.4 is 5.73 Å². The van der Waals surface area contributed by atoms with Crippen molar-refractivity contribution in [2.24, 2.45) is 5.73 Å². The molecule has 0 unspecified atom stereocenters. The largest absolute Gasteiger partial charge is 0.329 e. The Hall–Kier alpha value is -0.180. The maximum Gasteiger partial charge on any atom is 0.228 e. The highest BCUT2D eigenvalue weighted by Crippen LogP contribution is 2.16. The monoisotopic (exact) mass is 258 g/mol. The van der Waals surface area contributed by atoms with Gasteiger partial charge in [-0.1, -0.05) is 0 Å². The smallest absolute Gasteiger partial charge is 0.228 e. The first-order chi connectivity index (χ1) is 6.42. The molecule has 15 heavy (non-hydrogen) atoms. The summed E-state index contributed by atoms with van der Waals surface area (Å²) in [6, 6.07) is 0. The number of hydrogen-bond donors (Lipinski definition) is 1. The molecule has 0 fully saturated rings. The molecule has 0 amide bonds. The van der Waals surface area contributed by atoms with Gasteiger partial charge in [-0.2, -0.15) is 4.31 Å². The van der Waals surface area contributed by atoms with Gasteiger partial charge in [0.25, 0.3) is 0 Å². The van der Waals surface area contributed by atoms with E-state index in [0.29, 0.717) is 0 Å². The van der Waals surface area contributed by atoms with Crippen LogP contribution in [0.15, 0.2) is 0 Å². The second kappa shape index (κ2) is 4.36. The van der Waals surface area contributed by atoms with Crippen molar-refractivity contribution in [3.63, 3.8) is 0 Å². The van der Waals surface area contributed by atoms with Gasteiger partial charge in [0.15, 0.2) is 14.9 Å². The SMILES string of the molecule is CN(C(C)(C)CN)S(=O)(=O)CS(C)(=O)=O. The summed E-state index contributed by atoms with van der Waals surface area (Å²) >= 11 is 0. The predicted molar refractivity (Wildman–Crippen MR) is 59.5 cm³/mol. The number of hydrogen-bond acceptors (Lipinski definition) is 5. The van der Waals surface area contributed by atoms with Gasteiger partial charge in [0, 0.05) is 25.4 Å². The molecular weight excluding hydrogens is 240 g/mol. The van der Waals surface area contributed by atoms with E-state index in [0.717, 1.165) is 10.6 Å². The molecule has 0 aliphatic heterocycles. The highest BCUT2D eigenvalue weighted by Gasteiger charge is 2.33. The van der Waals surface area contributed by atoms with Gasteiger partial charge >= 0.3 is 0 Å². The molecule has 2 N–H and O–H groups in total. The number of nitrogens with zero attached hydrogens (tertiary/aromatic N) is 1. The van der Waals surface area contributed by atoms with Gasteiger partial charge < -0.3 is 5.73 Å². The summed E-state index contributed by atoms with van der Waals surface area (Å²) < 4.78 is 46.1. The maximum atomic E-state index is 11.6. The maximum absolute atomic E-state index is 11.6. The third-order valence-electron chi connectivity index (χ3n) is 2.13. The molecule has 0 heterocycles. The molecule has 6 nitrogen and oxygen atoms in total. The van der Waals surface area contributed by atoms with Crippen molar-refractivity contribution >= 4 is 19.9 Å². The van der Waals surface area contributed by atoms with Gasteiger partial charge in [0.2, 0.25) is 10.0 Å². The lowest BCUT2D eigenvalue weighted by Crippen LogP contribution is -2.51. The van der Waals surface area contributed by atoms with Crippen LogP contribution >= 0.6 is 0 Å². The van der Waals surface area contributed by atoms with E-state index in [1.54, 1.807) is 13.8 Å². The van der Waals surface area contributed by atoms with E-state index in [1.807, 2.05) is 0 Å². The Morgan fingerprint density at radius 3 is 1.87 bits per heavy atom. The van der Waals surface area contributed by atoms with Crippen LogP contribution in [0.3, 0.4) is 0 Å². The summed E-state index contributed by atoms with van der Waals surface area (Å²) in [6.45, 7) is 3.38. The molecule has 0 aromatic rings. The van der Waals surface area contributed by atoms with Crippen molar-refractivity contribution in [3.05, 3.63) is 0 Å². The number of likely N-dealkylation sites (N-methyl/N-ethyl adjacent to an activating group) is 1. The molecule has 8 heteroatoms. The first-order valence-electron chi connectivity index (χ1n) is 4.27. The molecule has 0 aliphatic rings. The quantitative estimate of drug-likeness (QED) is 0.681. The molecule has 0 saturated carbocycles. The molecule has 0 bridgehead atoms. The zero-order valence-electron chi connectivity index (χ0n) is 9.39. The minimum atomic E-state index is -3.82. The molecular formula is C7H18N2O4S2. The average Bonchev–Trinajstić information content (AvgIpc) is 1.98. The van der Waals surface area contributed by atoms with Crippen molar-refractivity contribution in [3.8, 4) is 0 Å². The van der Waals surface area contributed by atoms with E-state index in [1.165, 1.54) is 7.05 Å². The van der Waals surface area contributed by atoms with Crippen LogP contribution in [0.25, 0.3) is 0 Å². The van der Waals surface area contributed by atoms with Crippen LogP contribution in [0.4, 0.5) is 0 Å². The number of nitrogens with two attached hydrogens (primary N) is 1. The summed E-state index contributed by atoms with van der Waals surface area (Å²) in [5, 5.41) is -0.889. The van der Waals surface area contributed by atoms with Crippen LogP contribution in [0, 0.1) is 0 Å². The third-order valence-corrected chi connectivity index (χ3v) is 6.37. The van der Waals surface area contributed by atoms with Crippen molar-refractivity contribution < 1.29 is 16.8 Å². The minimum absolute atomic E-state index is 0.118. The van der Waals surface area contributed by atoms with Crippen molar-refractivity contribution in [1.29, 1.82) is 0 Å². The highest BCUT2D eigenvalue weighted by atomic mass is 32.3. The van der Waals surface area contributed by atoms with Crippen LogP contribution in [0.5, 0.6) is 0 Å². The van der Waals surface area contributed by atoms with Crippen molar-refractivity contribution in [1.82, 2.24) is 4.31 Å². The first kappa shape index (κ1) is 14.8. The fourth-order valence-electron chi connectivity index (χ4n) is 0.855. The van der Waals surface area contributed by atoms with Gasteiger partial charge in [-0.25, -0.2) is 16.8 Å². The minimum Gasteiger partial charge on any atom is -0.329 e. The molecule has 0 spiro atoms. The normalized spacial score (nSPS) is 14.5. The zero-order valence-corrected chi connectivity index (χ0v) is 11.0. The molecule has 0 aromatic carbocycles. The van der Waals surface area contributed by atoms with Crippen LogP contribution in [0.2, 0.25) is 0 Å². The standard InChI is InChI=1S/C7H18N2O4S2/c1-7(2,5-8)9(3)15(12,13)6-14(4,10)11/h5-6,8H2,1-4H3. The Morgan fingerprint density at radius 2 is 1.60 bits per heavy atom. The summed E-state index contributed by atoms with van der Waals surface area (Å²) in [7, 11) is -6.06. The summed E-state index contributed by atoms with van der Waals surface area (Å²) in [6.07, 6.45) is 0.883. The van der Waals surface area contributed by atoms with Crippen LogP contribution in [-0.4, -0.2) is 51.6 Å². The van der Waals surface area contributed by atoms with E-state index < -0.39 is 30.5 Å². The molecule has 0 atom stereocenters. The summed E-state index contributed by atoms with van der Waals surface area (Å²) in [4.78, 5) is 0. The predicted octanol–water partition coefficient (Wildman–Crippen LogP) is -1.01. The molecule has 0 aliphatic carbocycles. The fraction of sp³-hybridized carbons (Fsp3) is 1.00. The van der Waals surface area contributed by atoms with Crippen LogP contribution in [-0.2, 0) is 19.9 Å². The Balaban J connectivity index is 5.08. The Labute approximate surface area is 91.4 Å². The zero-order chi connectivity index (χ0) is 12.5. The Morgan fingerprint density at radius 1 is 1.20 bits per heavy atom. The van der Waals surface area contributed by atoms with Crippen molar-refractivity contribution in [2.45, 2.75) is 19.4 Å². The number of rotatable bonds is 5.